The van der Waals surface area contributed by atoms with Gasteiger partial charge in [0, 0.05) is 22.9 Å². The molecule has 0 aliphatic carbocycles. The summed E-state index contributed by atoms with van der Waals surface area (Å²) in [6.07, 6.45) is 0. The van der Waals surface area contributed by atoms with E-state index in [0.717, 1.165) is 0 Å². The van der Waals surface area contributed by atoms with E-state index in [1.807, 2.05) is 0 Å². The minimum Gasteiger partial charge on any atom is -0.495 e. The predicted octanol–water partition coefficient (Wildman–Crippen LogP) is 3.53. The third kappa shape index (κ3) is 6.76. The Bertz CT molecular complexity index is 1510. The van der Waals surface area contributed by atoms with E-state index >= 15 is 0 Å². The number of morpholine rings is 1. The number of methoxy groups -OCH3 is 1. The van der Waals surface area contributed by atoms with E-state index in [4.69, 9.17) is 14.2 Å². The van der Waals surface area contributed by atoms with E-state index in [9.17, 15) is 23.3 Å². The summed E-state index contributed by atoms with van der Waals surface area (Å²) in [5.74, 6) is -1.16. The molecule has 0 unspecified atom stereocenters. The van der Waals surface area contributed by atoms with Crippen molar-refractivity contribution >= 4 is 39.3 Å². The topological polar surface area (TPSA) is 135 Å². The number of hydrogen-bond acceptors (Lipinski definition) is 9. The van der Waals surface area contributed by atoms with Crippen LogP contribution < -0.4 is 10.1 Å². The van der Waals surface area contributed by atoms with Crippen molar-refractivity contribution in [2.24, 2.45) is 0 Å². The summed E-state index contributed by atoms with van der Waals surface area (Å²) in [4.78, 5) is 26.8. The van der Waals surface area contributed by atoms with E-state index < -0.39 is 28.5 Å². The highest BCUT2D eigenvalue weighted by Crippen LogP contribution is 2.33. The summed E-state index contributed by atoms with van der Waals surface area (Å²) in [5.41, 5.74) is 0.827. The van der Waals surface area contributed by atoms with Gasteiger partial charge in [-0.2, -0.15) is 9.57 Å². The van der Waals surface area contributed by atoms with E-state index in [-0.39, 0.29) is 35.0 Å². The van der Waals surface area contributed by atoms with Crippen LogP contribution in [0.25, 0.3) is 0 Å². The molecule has 10 nitrogen and oxygen atoms in total. The maximum Gasteiger partial charge on any atom is 0.339 e. The molecule has 12 heteroatoms. The molecule has 0 spiro atoms. The van der Waals surface area contributed by atoms with Gasteiger partial charge in [0.05, 0.1) is 42.0 Å². The molecule has 1 amide bonds. The predicted molar refractivity (Wildman–Crippen MR) is 143 cm³/mol. The molecule has 0 radical (unpaired) electrons. The molecule has 1 heterocycles. The Morgan fingerprint density at radius 2 is 1.74 bits per heavy atom. The summed E-state index contributed by atoms with van der Waals surface area (Å²) in [6.45, 7) is 0.450. The van der Waals surface area contributed by atoms with Crippen molar-refractivity contribution in [3.8, 4) is 11.8 Å². The highest BCUT2D eigenvalue weighted by Gasteiger charge is 2.27. The Hall–Kier alpha value is -3.89. The lowest BCUT2D eigenvalue weighted by Crippen LogP contribution is -2.40. The zero-order chi connectivity index (χ0) is 27.8. The first-order valence-electron chi connectivity index (χ1n) is 11.8. The highest BCUT2D eigenvalue weighted by molar-refractivity contribution is 7.99. The smallest absolute Gasteiger partial charge is 0.339 e. The Morgan fingerprint density at radius 1 is 1.05 bits per heavy atom. The van der Waals surface area contributed by atoms with E-state index in [1.165, 1.54) is 41.4 Å². The zero-order valence-electron chi connectivity index (χ0n) is 21.0. The van der Waals surface area contributed by atoms with Gasteiger partial charge in [0.15, 0.2) is 6.61 Å². The molecule has 4 rings (SSSR count). The lowest BCUT2D eigenvalue weighted by Gasteiger charge is -2.26. The maximum atomic E-state index is 13.0. The third-order valence-corrected chi connectivity index (χ3v) is 8.77. The molecule has 3 aromatic carbocycles. The number of nitriles is 1. The first-order chi connectivity index (χ1) is 18.8. The summed E-state index contributed by atoms with van der Waals surface area (Å²) in [7, 11) is -2.41. The van der Waals surface area contributed by atoms with Crippen LogP contribution in [0.1, 0.15) is 15.9 Å². The Morgan fingerprint density at radius 3 is 2.46 bits per heavy atom. The van der Waals surface area contributed by atoms with E-state index in [1.54, 1.807) is 48.5 Å². The molecule has 0 saturated carbocycles. The number of hydrogen-bond donors (Lipinski definition) is 1. The normalized spacial score (nSPS) is 13.7. The van der Waals surface area contributed by atoms with Crippen LogP contribution in [-0.2, 0) is 24.3 Å². The Balaban J connectivity index is 1.45. The van der Waals surface area contributed by atoms with Gasteiger partial charge in [-0.1, -0.05) is 36.0 Å². The van der Waals surface area contributed by atoms with Crippen molar-refractivity contribution in [3.63, 3.8) is 0 Å². The molecule has 1 N–H and O–H groups in total. The standard InChI is InChI=1S/C27H25N3O7S2/c1-35-23-11-10-20(39(33,34)30-12-14-36-15-13-30)16-22(23)29-26(31)18-37-27(32)21-7-3-5-9-25(21)38-24-8-4-2-6-19(24)17-28/h2-11,16H,12-15,18H2,1H3,(H,29,31). The van der Waals surface area contributed by atoms with Gasteiger partial charge in [0.25, 0.3) is 5.91 Å². The van der Waals surface area contributed by atoms with E-state index in [0.29, 0.717) is 28.6 Å². The van der Waals surface area contributed by atoms with Crippen LogP contribution in [0.4, 0.5) is 5.69 Å². The molecule has 0 aromatic heterocycles. The van der Waals surface area contributed by atoms with Gasteiger partial charge in [-0.05, 0) is 42.5 Å². The van der Waals surface area contributed by atoms with Crippen molar-refractivity contribution in [1.82, 2.24) is 4.31 Å². The van der Waals surface area contributed by atoms with Gasteiger partial charge >= 0.3 is 5.97 Å². The minimum atomic E-state index is -3.80. The number of nitrogens with one attached hydrogen (secondary N) is 1. The molecular formula is C27H25N3O7S2. The number of nitrogens with zero attached hydrogens (tertiary/aromatic N) is 2. The van der Waals surface area contributed by atoms with E-state index in [2.05, 4.69) is 11.4 Å². The highest BCUT2D eigenvalue weighted by atomic mass is 32.2. The fraction of sp³-hybridized carbons (Fsp3) is 0.222. The number of benzene rings is 3. The number of carbonyl (C=O) groups is 2. The number of carbonyl (C=O) groups excluding carboxylic acids is 2. The van der Waals surface area contributed by atoms with Crippen LogP contribution in [0.3, 0.4) is 0 Å². The number of anilines is 1. The zero-order valence-corrected chi connectivity index (χ0v) is 22.6. The molecular weight excluding hydrogens is 542 g/mol. The largest absolute Gasteiger partial charge is 0.495 e. The molecule has 1 saturated heterocycles. The van der Waals surface area contributed by atoms with Gasteiger partial charge in [0.2, 0.25) is 10.0 Å². The SMILES string of the molecule is COc1ccc(S(=O)(=O)N2CCOCC2)cc1NC(=O)COC(=O)c1ccccc1Sc1ccccc1C#N. The van der Waals surface area contributed by atoms with Gasteiger partial charge in [-0.25, -0.2) is 13.2 Å². The maximum absolute atomic E-state index is 13.0. The van der Waals surface area contributed by atoms with Crippen molar-refractivity contribution in [1.29, 1.82) is 5.26 Å². The molecule has 3 aromatic rings. The molecule has 1 fully saturated rings. The molecule has 39 heavy (non-hydrogen) atoms. The lowest BCUT2D eigenvalue weighted by atomic mass is 10.2. The number of amides is 1. The fourth-order valence-electron chi connectivity index (χ4n) is 3.77. The van der Waals surface area contributed by atoms with Crippen molar-refractivity contribution < 1.29 is 32.2 Å². The summed E-state index contributed by atoms with van der Waals surface area (Å²) >= 11 is 1.24. The number of sulfonamides is 1. The van der Waals surface area contributed by atoms with Crippen LogP contribution >= 0.6 is 11.8 Å². The summed E-state index contributed by atoms with van der Waals surface area (Å²) in [6, 6.07) is 20.0. The number of esters is 1. The summed E-state index contributed by atoms with van der Waals surface area (Å²) < 4.78 is 43.1. The second-order valence-electron chi connectivity index (χ2n) is 8.21. The molecule has 1 aliphatic heterocycles. The van der Waals surface area contributed by atoms with Gasteiger partial charge in [0.1, 0.15) is 11.8 Å². The Kier molecular flexibility index (Phi) is 9.21. The van der Waals surface area contributed by atoms with Crippen LogP contribution in [0.15, 0.2) is 81.4 Å². The average Bonchev–Trinajstić information content (AvgIpc) is 2.97. The minimum absolute atomic E-state index is 0.0129. The first kappa shape index (κ1) is 28.1. The second kappa shape index (κ2) is 12.8. The molecule has 0 atom stereocenters. The van der Waals surface area contributed by atoms with Gasteiger partial charge in [-0.3, -0.25) is 4.79 Å². The van der Waals surface area contributed by atoms with Crippen LogP contribution in [0, 0.1) is 11.3 Å². The summed E-state index contributed by atoms with van der Waals surface area (Å²) in [5, 5.41) is 11.9. The van der Waals surface area contributed by atoms with Gasteiger partial charge in [-0.15, -0.1) is 0 Å². The number of rotatable bonds is 9. The first-order valence-corrected chi connectivity index (χ1v) is 14.1. The molecule has 0 bridgehead atoms. The Labute approximate surface area is 230 Å². The van der Waals surface area contributed by atoms with Gasteiger partial charge < -0.3 is 19.5 Å². The van der Waals surface area contributed by atoms with Crippen LogP contribution in [-0.4, -0.2) is 64.6 Å². The third-order valence-electron chi connectivity index (χ3n) is 5.72. The van der Waals surface area contributed by atoms with Crippen molar-refractivity contribution in [3.05, 3.63) is 77.9 Å². The van der Waals surface area contributed by atoms with Crippen LogP contribution in [0.5, 0.6) is 5.75 Å². The molecule has 202 valence electrons. The quantitative estimate of drug-likeness (QED) is 0.385. The van der Waals surface area contributed by atoms with Crippen LogP contribution in [0.2, 0.25) is 0 Å². The monoisotopic (exact) mass is 567 g/mol. The fourth-order valence-corrected chi connectivity index (χ4v) is 6.22. The lowest BCUT2D eigenvalue weighted by molar-refractivity contribution is -0.119. The molecule has 1 aliphatic rings. The number of ether oxygens (including phenoxy) is 3. The van der Waals surface area contributed by atoms with Crippen molar-refractivity contribution in [2.75, 3.05) is 45.3 Å². The average molecular weight is 568 g/mol. The second-order valence-corrected chi connectivity index (χ2v) is 11.2. The van der Waals surface area contributed by atoms with Crippen molar-refractivity contribution in [2.45, 2.75) is 14.7 Å².